The molecule has 0 N–H and O–H groups in total. The highest BCUT2D eigenvalue weighted by Crippen LogP contribution is 2.27. The first kappa shape index (κ1) is 20.0. The standard InChI is InChI=1S/C22H29N3O4/c1-16-3-2-4-18(13-16)22(26)25-9-5-19(14-25)21-23-20(24-29-21)8-12-28-15-17-6-10-27-11-7-17/h2-4,13,17,19H,5-12,14-15H2,1H3. The Labute approximate surface area is 171 Å². The zero-order valence-corrected chi connectivity index (χ0v) is 17.0. The van der Waals surface area contributed by atoms with E-state index in [4.69, 9.17) is 14.0 Å². The highest BCUT2D eigenvalue weighted by molar-refractivity contribution is 5.94. The average molecular weight is 399 g/mol. The minimum atomic E-state index is 0.0671. The van der Waals surface area contributed by atoms with E-state index in [-0.39, 0.29) is 11.8 Å². The van der Waals surface area contributed by atoms with E-state index in [1.807, 2.05) is 36.1 Å². The maximum Gasteiger partial charge on any atom is 0.253 e. The van der Waals surface area contributed by atoms with Gasteiger partial charge in [-0.2, -0.15) is 4.98 Å². The van der Waals surface area contributed by atoms with Crippen molar-refractivity contribution >= 4 is 5.91 Å². The molecule has 1 aromatic carbocycles. The van der Waals surface area contributed by atoms with Crippen molar-refractivity contribution in [1.82, 2.24) is 15.0 Å². The van der Waals surface area contributed by atoms with E-state index in [2.05, 4.69) is 10.1 Å². The van der Waals surface area contributed by atoms with Gasteiger partial charge in [0.25, 0.3) is 5.91 Å². The summed E-state index contributed by atoms with van der Waals surface area (Å²) >= 11 is 0. The molecule has 0 aliphatic carbocycles. The Kier molecular flexibility index (Phi) is 6.56. The first-order valence-electron chi connectivity index (χ1n) is 10.5. The van der Waals surface area contributed by atoms with Crippen molar-refractivity contribution in [3.05, 3.63) is 47.1 Å². The van der Waals surface area contributed by atoms with Crippen molar-refractivity contribution in [3.63, 3.8) is 0 Å². The van der Waals surface area contributed by atoms with Gasteiger partial charge < -0.3 is 18.9 Å². The fraction of sp³-hybridized carbons (Fsp3) is 0.591. The predicted octanol–water partition coefficient (Wildman–Crippen LogP) is 2.99. The summed E-state index contributed by atoms with van der Waals surface area (Å²) in [5.41, 5.74) is 1.82. The summed E-state index contributed by atoms with van der Waals surface area (Å²) in [6, 6.07) is 7.72. The molecule has 3 heterocycles. The summed E-state index contributed by atoms with van der Waals surface area (Å²) < 4.78 is 16.6. The van der Waals surface area contributed by atoms with Gasteiger partial charge in [-0.1, -0.05) is 22.9 Å². The van der Waals surface area contributed by atoms with Crippen LogP contribution < -0.4 is 0 Å². The zero-order chi connectivity index (χ0) is 20.1. The molecule has 1 unspecified atom stereocenters. The second-order valence-corrected chi connectivity index (χ2v) is 8.04. The van der Waals surface area contributed by atoms with Gasteiger partial charge in [0.1, 0.15) is 0 Å². The van der Waals surface area contributed by atoms with Crippen molar-refractivity contribution in [2.75, 3.05) is 39.5 Å². The third-order valence-corrected chi connectivity index (χ3v) is 5.74. The number of hydrogen-bond donors (Lipinski definition) is 0. The molecule has 1 atom stereocenters. The molecule has 2 aliphatic heterocycles. The lowest BCUT2D eigenvalue weighted by Gasteiger charge is -2.21. The van der Waals surface area contributed by atoms with Gasteiger partial charge in [-0.25, -0.2) is 0 Å². The number of benzene rings is 1. The first-order valence-corrected chi connectivity index (χ1v) is 10.5. The fourth-order valence-electron chi connectivity index (χ4n) is 3.97. The quantitative estimate of drug-likeness (QED) is 0.666. The van der Waals surface area contributed by atoms with Crippen molar-refractivity contribution in [1.29, 1.82) is 0 Å². The van der Waals surface area contributed by atoms with Gasteiger partial charge >= 0.3 is 0 Å². The van der Waals surface area contributed by atoms with Gasteiger partial charge in [-0.05, 0) is 44.2 Å². The zero-order valence-electron chi connectivity index (χ0n) is 17.0. The van der Waals surface area contributed by atoms with Gasteiger partial charge in [0.15, 0.2) is 5.82 Å². The van der Waals surface area contributed by atoms with Gasteiger partial charge in [0, 0.05) is 44.9 Å². The molecule has 2 aliphatic rings. The van der Waals surface area contributed by atoms with Crippen LogP contribution in [0.1, 0.15) is 52.8 Å². The van der Waals surface area contributed by atoms with Crippen molar-refractivity contribution in [2.24, 2.45) is 5.92 Å². The number of hydrogen-bond acceptors (Lipinski definition) is 6. The average Bonchev–Trinajstić information content (AvgIpc) is 3.41. The number of aromatic nitrogens is 2. The first-order chi connectivity index (χ1) is 14.2. The van der Waals surface area contributed by atoms with Crippen LogP contribution in [0.4, 0.5) is 0 Å². The lowest BCUT2D eigenvalue weighted by Crippen LogP contribution is -2.28. The predicted molar refractivity (Wildman–Crippen MR) is 107 cm³/mol. The SMILES string of the molecule is Cc1cccc(C(=O)N2CCC(c3nc(CCOCC4CCOCC4)no3)C2)c1. The van der Waals surface area contributed by atoms with Crippen LogP contribution in [-0.4, -0.2) is 60.5 Å². The van der Waals surface area contributed by atoms with Crippen molar-refractivity contribution in [2.45, 2.75) is 38.5 Å². The fourth-order valence-corrected chi connectivity index (χ4v) is 3.97. The monoisotopic (exact) mass is 399 g/mol. The van der Waals surface area contributed by atoms with Crippen LogP contribution in [0, 0.1) is 12.8 Å². The van der Waals surface area contributed by atoms with Crippen LogP contribution >= 0.6 is 0 Å². The van der Waals surface area contributed by atoms with Crippen molar-refractivity contribution in [3.8, 4) is 0 Å². The highest BCUT2D eigenvalue weighted by atomic mass is 16.5. The van der Waals surface area contributed by atoms with Crippen LogP contribution in [0.5, 0.6) is 0 Å². The van der Waals surface area contributed by atoms with Crippen molar-refractivity contribution < 1.29 is 18.8 Å². The molecule has 2 fully saturated rings. The van der Waals surface area contributed by atoms with Gasteiger partial charge in [-0.15, -0.1) is 0 Å². The lowest BCUT2D eigenvalue weighted by atomic mass is 10.0. The number of nitrogens with zero attached hydrogens (tertiary/aromatic N) is 3. The lowest BCUT2D eigenvalue weighted by molar-refractivity contribution is 0.0211. The van der Waals surface area contributed by atoms with Gasteiger partial charge in [-0.3, -0.25) is 4.79 Å². The number of aryl methyl sites for hydroxylation is 1. The Bertz CT molecular complexity index is 816. The van der Waals surface area contributed by atoms with E-state index in [9.17, 15) is 4.79 Å². The van der Waals surface area contributed by atoms with E-state index in [1.54, 1.807) is 0 Å². The Morgan fingerprint density at radius 2 is 2.14 bits per heavy atom. The van der Waals surface area contributed by atoms with Crippen LogP contribution in [0.25, 0.3) is 0 Å². The number of ether oxygens (including phenoxy) is 2. The molecule has 29 heavy (non-hydrogen) atoms. The minimum absolute atomic E-state index is 0.0671. The third kappa shape index (κ3) is 5.22. The maximum atomic E-state index is 12.7. The number of carbonyl (C=O) groups excluding carboxylic acids is 1. The molecule has 156 valence electrons. The molecule has 1 aromatic heterocycles. The van der Waals surface area contributed by atoms with Crippen LogP contribution in [0.15, 0.2) is 28.8 Å². The van der Waals surface area contributed by atoms with Crippen LogP contribution in [0.3, 0.4) is 0 Å². The van der Waals surface area contributed by atoms with E-state index >= 15 is 0 Å². The number of likely N-dealkylation sites (tertiary alicyclic amines) is 1. The van der Waals surface area contributed by atoms with Gasteiger partial charge in [0.05, 0.1) is 12.5 Å². The Balaban J connectivity index is 1.24. The highest BCUT2D eigenvalue weighted by Gasteiger charge is 2.31. The van der Waals surface area contributed by atoms with Crippen LogP contribution in [-0.2, 0) is 15.9 Å². The Morgan fingerprint density at radius 3 is 2.97 bits per heavy atom. The number of carbonyl (C=O) groups is 1. The molecule has 2 aromatic rings. The molecule has 0 spiro atoms. The van der Waals surface area contributed by atoms with Crippen LogP contribution in [0.2, 0.25) is 0 Å². The van der Waals surface area contributed by atoms with Gasteiger partial charge in [0.2, 0.25) is 5.89 Å². The summed E-state index contributed by atoms with van der Waals surface area (Å²) in [6.45, 7) is 6.38. The smallest absolute Gasteiger partial charge is 0.253 e. The summed E-state index contributed by atoms with van der Waals surface area (Å²) in [7, 11) is 0. The Morgan fingerprint density at radius 1 is 1.28 bits per heavy atom. The molecule has 0 saturated carbocycles. The molecule has 2 saturated heterocycles. The molecule has 7 nitrogen and oxygen atoms in total. The third-order valence-electron chi connectivity index (χ3n) is 5.74. The second-order valence-electron chi connectivity index (χ2n) is 8.04. The molecule has 0 bridgehead atoms. The molecule has 0 radical (unpaired) electrons. The maximum absolute atomic E-state index is 12.7. The minimum Gasteiger partial charge on any atom is -0.381 e. The van der Waals surface area contributed by atoms with E-state index in [1.165, 1.54) is 0 Å². The number of rotatable bonds is 7. The normalized spacial score (nSPS) is 20.3. The van der Waals surface area contributed by atoms with E-state index in [0.29, 0.717) is 43.8 Å². The summed E-state index contributed by atoms with van der Waals surface area (Å²) in [5, 5.41) is 4.10. The Hall–Kier alpha value is -2.25. The summed E-state index contributed by atoms with van der Waals surface area (Å²) in [5.74, 6) is 2.07. The van der Waals surface area contributed by atoms with E-state index < -0.39 is 0 Å². The number of amides is 1. The summed E-state index contributed by atoms with van der Waals surface area (Å²) in [6.07, 6.45) is 3.64. The topological polar surface area (TPSA) is 77.7 Å². The molecular formula is C22H29N3O4. The summed E-state index contributed by atoms with van der Waals surface area (Å²) in [4.78, 5) is 19.1. The molecule has 4 rings (SSSR count). The molecule has 1 amide bonds. The molecular weight excluding hydrogens is 370 g/mol. The molecule has 7 heteroatoms. The largest absolute Gasteiger partial charge is 0.381 e. The van der Waals surface area contributed by atoms with E-state index in [0.717, 1.165) is 50.2 Å². The second kappa shape index (κ2) is 9.50.